The van der Waals surface area contributed by atoms with Gasteiger partial charge in [-0.2, -0.15) is 0 Å². The second kappa shape index (κ2) is 7.69. The van der Waals surface area contributed by atoms with Gasteiger partial charge in [-0.3, -0.25) is 4.31 Å². The van der Waals surface area contributed by atoms with Crippen molar-refractivity contribution in [1.29, 1.82) is 0 Å². The smallest absolute Gasteiger partial charge is 0.335 e. The van der Waals surface area contributed by atoms with Crippen LogP contribution in [0.4, 0.5) is 5.69 Å². The van der Waals surface area contributed by atoms with E-state index in [4.69, 9.17) is 0 Å². The molecule has 0 fully saturated rings. The van der Waals surface area contributed by atoms with Gasteiger partial charge in [-0.15, -0.1) is 0 Å². The molecular weight excluding hydrogens is 458 g/mol. The molecule has 0 amide bonds. The van der Waals surface area contributed by atoms with Crippen molar-refractivity contribution in [3.8, 4) is 0 Å². The second-order valence-corrected chi connectivity index (χ2v) is 12.6. The van der Waals surface area contributed by atoms with Crippen LogP contribution in [-0.4, -0.2) is 19.5 Å². The van der Waals surface area contributed by atoms with Gasteiger partial charge in [0.05, 0.1) is 21.7 Å². The predicted molar refractivity (Wildman–Crippen MR) is 138 cm³/mol. The number of nitrogens with zero attached hydrogens (tertiary/aromatic N) is 1. The second-order valence-electron chi connectivity index (χ2n) is 10.9. The number of carboxylic acids is 1. The summed E-state index contributed by atoms with van der Waals surface area (Å²) in [6.07, 6.45) is 2.28. The van der Waals surface area contributed by atoms with Crippen molar-refractivity contribution >= 4 is 21.7 Å². The summed E-state index contributed by atoms with van der Waals surface area (Å²) in [5.41, 5.74) is 6.89. The molecule has 1 aliphatic heterocycles. The molecule has 0 bridgehead atoms. The summed E-state index contributed by atoms with van der Waals surface area (Å²) >= 11 is 0. The van der Waals surface area contributed by atoms with Crippen molar-refractivity contribution in [2.24, 2.45) is 0 Å². The summed E-state index contributed by atoms with van der Waals surface area (Å²) in [6, 6.07) is 16.2. The summed E-state index contributed by atoms with van der Waals surface area (Å²) in [6.45, 7) is 10.5. The molecule has 0 saturated carbocycles. The lowest BCUT2D eigenvalue weighted by Gasteiger charge is -2.58. The largest absolute Gasteiger partial charge is 0.478 e. The average Bonchev–Trinajstić information content (AvgIpc) is 2.79. The van der Waals surface area contributed by atoms with E-state index in [2.05, 4.69) is 26.8 Å². The van der Waals surface area contributed by atoms with Crippen LogP contribution in [0.15, 0.2) is 59.5 Å². The Bertz CT molecular complexity index is 1450. The van der Waals surface area contributed by atoms with Gasteiger partial charge in [0.15, 0.2) is 0 Å². The third-order valence-electron chi connectivity index (χ3n) is 7.97. The summed E-state index contributed by atoms with van der Waals surface area (Å²) in [7, 11) is -3.73. The number of sulfonamides is 1. The molecule has 182 valence electrons. The first-order valence-corrected chi connectivity index (χ1v) is 13.4. The van der Waals surface area contributed by atoms with E-state index in [0.717, 1.165) is 46.3 Å². The van der Waals surface area contributed by atoms with Gasteiger partial charge in [-0.1, -0.05) is 49.7 Å². The summed E-state index contributed by atoms with van der Waals surface area (Å²) in [5.74, 6) is -0.948. The molecule has 5 rings (SSSR count). The van der Waals surface area contributed by atoms with Crippen molar-refractivity contribution in [1.82, 2.24) is 0 Å². The molecule has 0 radical (unpaired) electrons. The average molecular weight is 490 g/mol. The van der Waals surface area contributed by atoms with Gasteiger partial charge < -0.3 is 5.11 Å². The van der Waals surface area contributed by atoms with Crippen LogP contribution in [0.25, 0.3) is 0 Å². The minimum atomic E-state index is -3.73. The summed E-state index contributed by atoms with van der Waals surface area (Å²) in [5, 5.41) is 9.22. The van der Waals surface area contributed by atoms with Gasteiger partial charge in [0.2, 0.25) is 0 Å². The lowest BCUT2D eigenvalue weighted by molar-refractivity contribution is 0.0697. The first kappa shape index (κ1) is 23.6. The first-order chi connectivity index (χ1) is 16.4. The highest BCUT2D eigenvalue weighted by Gasteiger charge is 2.58. The van der Waals surface area contributed by atoms with Crippen LogP contribution < -0.4 is 4.31 Å². The Morgan fingerprint density at radius 2 is 1.60 bits per heavy atom. The number of hydrogen-bond donors (Lipinski definition) is 1. The zero-order valence-electron chi connectivity index (χ0n) is 20.8. The number of anilines is 1. The van der Waals surface area contributed by atoms with Crippen LogP contribution in [0.5, 0.6) is 0 Å². The van der Waals surface area contributed by atoms with Crippen molar-refractivity contribution in [3.05, 3.63) is 93.5 Å². The third-order valence-corrected chi connectivity index (χ3v) is 9.91. The number of benzene rings is 3. The van der Waals surface area contributed by atoms with Crippen LogP contribution in [0.3, 0.4) is 0 Å². The Morgan fingerprint density at radius 3 is 2.20 bits per heavy atom. The van der Waals surface area contributed by atoms with Gasteiger partial charge in [0.25, 0.3) is 10.0 Å². The van der Waals surface area contributed by atoms with E-state index in [9.17, 15) is 18.3 Å². The zero-order valence-corrected chi connectivity index (χ0v) is 21.7. The van der Waals surface area contributed by atoms with Crippen molar-refractivity contribution in [2.75, 3.05) is 4.31 Å². The van der Waals surface area contributed by atoms with Gasteiger partial charge >= 0.3 is 5.97 Å². The molecule has 3 aromatic rings. The predicted octanol–water partition coefficient (Wildman–Crippen LogP) is 6.09. The maximum absolute atomic E-state index is 14.0. The fraction of sp³-hybridized carbons (Fsp3) is 0.345. The van der Waals surface area contributed by atoms with Gasteiger partial charge in [0.1, 0.15) is 0 Å². The van der Waals surface area contributed by atoms with E-state index in [1.54, 1.807) is 28.6 Å². The van der Waals surface area contributed by atoms with E-state index < -0.39 is 21.5 Å². The maximum atomic E-state index is 14.0. The van der Waals surface area contributed by atoms with Gasteiger partial charge in [0, 0.05) is 5.56 Å². The van der Waals surface area contributed by atoms with Crippen LogP contribution in [0, 0.1) is 13.8 Å². The first-order valence-electron chi connectivity index (χ1n) is 12.0. The minimum absolute atomic E-state index is 0.0566. The van der Waals surface area contributed by atoms with Crippen LogP contribution in [0.1, 0.15) is 77.4 Å². The number of rotatable bonds is 5. The number of carbonyl (C=O) groups is 1. The molecule has 3 aromatic carbocycles. The molecule has 0 saturated heterocycles. The molecular formula is C29H31NO4S. The monoisotopic (exact) mass is 489 g/mol. The highest BCUT2D eigenvalue weighted by Crippen LogP contribution is 2.62. The fourth-order valence-electron chi connectivity index (χ4n) is 5.74. The fourth-order valence-corrected chi connectivity index (χ4v) is 7.61. The van der Waals surface area contributed by atoms with Crippen molar-refractivity contribution in [2.45, 2.75) is 69.7 Å². The maximum Gasteiger partial charge on any atom is 0.335 e. The van der Waals surface area contributed by atoms with E-state index in [-0.39, 0.29) is 11.0 Å². The lowest BCUT2D eigenvalue weighted by Crippen LogP contribution is -2.60. The Hall–Kier alpha value is -3.12. The molecule has 1 aliphatic carbocycles. The molecule has 2 aliphatic rings. The molecule has 1 unspecified atom stereocenters. The van der Waals surface area contributed by atoms with Crippen molar-refractivity contribution in [3.63, 3.8) is 0 Å². The van der Waals surface area contributed by atoms with E-state index >= 15 is 0 Å². The highest BCUT2D eigenvalue weighted by molar-refractivity contribution is 7.93. The normalized spacial score (nSPS) is 20.2. The molecule has 1 heterocycles. The molecule has 6 heteroatoms. The Labute approximate surface area is 207 Å². The van der Waals surface area contributed by atoms with E-state index in [0.29, 0.717) is 11.3 Å². The van der Waals surface area contributed by atoms with Crippen molar-refractivity contribution < 1.29 is 18.3 Å². The number of hydrogen-bond acceptors (Lipinski definition) is 3. The standard InChI is InChI=1S/C29H31NO4S/c1-18-6-12-23(13-7-18)35(33,34)30-26-19(2)22(16-20-8-10-21(11-9-20)27(31)32)17-24-25(26)29(30,5)15-14-28(24,3)4/h6-13,17H,14-16H2,1-5H3,(H,31,32). The van der Waals surface area contributed by atoms with Crippen LogP contribution in [-0.2, 0) is 27.4 Å². The number of aryl methyl sites for hydroxylation is 1. The molecule has 35 heavy (non-hydrogen) atoms. The van der Waals surface area contributed by atoms with Gasteiger partial charge in [-0.25, -0.2) is 13.2 Å². The number of aromatic carboxylic acids is 1. The SMILES string of the molecule is Cc1ccc(S(=O)(=O)N2c3c(C)c(Cc4ccc(C(=O)O)cc4)cc4c3C2(C)CCC4(C)C)cc1. The van der Waals surface area contributed by atoms with Gasteiger partial charge in [-0.05, 0) is 92.0 Å². The quantitative estimate of drug-likeness (QED) is 0.471. The Balaban J connectivity index is 1.66. The lowest BCUT2D eigenvalue weighted by atomic mass is 9.61. The number of carboxylic acid groups (broad SMARTS) is 1. The van der Waals surface area contributed by atoms with Crippen LogP contribution >= 0.6 is 0 Å². The molecule has 5 nitrogen and oxygen atoms in total. The molecule has 0 aromatic heterocycles. The zero-order chi connectivity index (χ0) is 25.3. The van der Waals surface area contributed by atoms with E-state index in [1.165, 1.54) is 5.56 Å². The highest BCUT2D eigenvalue weighted by atomic mass is 32.2. The Kier molecular flexibility index (Phi) is 5.19. The summed E-state index contributed by atoms with van der Waals surface area (Å²) < 4.78 is 29.6. The Morgan fingerprint density at radius 1 is 0.971 bits per heavy atom. The molecule has 1 N–H and O–H groups in total. The topological polar surface area (TPSA) is 74.7 Å². The van der Waals surface area contributed by atoms with E-state index in [1.807, 2.05) is 38.1 Å². The molecule has 0 spiro atoms. The third kappa shape index (κ3) is 3.49. The molecule has 1 atom stereocenters. The van der Waals surface area contributed by atoms with Crippen LogP contribution in [0.2, 0.25) is 0 Å². The summed E-state index contributed by atoms with van der Waals surface area (Å²) in [4.78, 5) is 11.6. The minimum Gasteiger partial charge on any atom is -0.478 e.